The first kappa shape index (κ1) is 10.9. The molecule has 0 fully saturated rings. The zero-order valence-corrected chi connectivity index (χ0v) is 9.77. The molecule has 0 aliphatic carbocycles. The zero-order chi connectivity index (χ0) is 11.5. The van der Waals surface area contributed by atoms with E-state index < -0.39 is 5.97 Å². The summed E-state index contributed by atoms with van der Waals surface area (Å²) >= 11 is 3.36. The number of halogens is 1. The molecule has 4 nitrogen and oxygen atoms in total. The third-order valence-corrected chi connectivity index (χ3v) is 2.50. The number of hydrogen-bond acceptors (Lipinski definition) is 3. The second-order valence-electron chi connectivity index (χ2n) is 3.23. The molecule has 1 aromatic heterocycles. The van der Waals surface area contributed by atoms with Crippen LogP contribution in [-0.2, 0) is 6.42 Å². The summed E-state index contributed by atoms with van der Waals surface area (Å²) in [6, 6.07) is 7.68. The van der Waals surface area contributed by atoms with Gasteiger partial charge in [-0.25, -0.2) is 9.78 Å². The summed E-state index contributed by atoms with van der Waals surface area (Å²) in [6.07, 6.45) is 1.70. The number of hydrogen-bond donors (Lipinski definition) is 1. The van der Waals surface area contributed by atoms with Crippen LogP contribution >= 0.6 is 15.9 Å². The van der Waals surface area contributed by atoms with Crippen molar-refractivity contribution in [3.8, 4) is 0 Å². The molecule has 1 aromatic carbocycles. The fourth-order valence-electron chi connectivity index (χ4n) is 1.31. The van der Waals surface area contributed by atoms with Crippen molar-refractivity contribution in [1.29, 1.82) is 0 Å². The minimum atomic E-state index is -1.10. The van der Waals surface area contributed by atoms with Gasteiger partial charge >= 0.3 is 5.97 Å². The van der Waals surface area contributed by atoms with Crippen LogP contribution in [0.25, 0.3) is 0 Å². The molecule has 0 aliphatic rings. The highest BCUT2D eigenvalue weighted by Crippen LogP contribution is 2.15. The molecule has 0 aliphatic heterocycles. The van der Waals surface area contributed by atoms with Gasteiger partial charge in [0.2, 0.25) is 5.76 Å². The summed E-state index contributed by atoms with van der Waals surface area (Å²) < 4.78 is 6.03. The maximum absolute atomic E-state index is 10.6. The standard InChI is InChI=1S/C11H8BrNO3/c12-8-3-1-2-7(4-8)5-10-13-6-9(16-10)11(14)15/h1-4,6H,5H2,(H,14,15). The summed E-state index contributed by atoms with van der Waals surface area (Å²) in [7, 11) is 0. The molecule has 0 saturated heterocycles. The smallest absolute Gasteiger partial charge is 0.373 e. The lowest BCUT2D eigenvalue weighted by molar-refractivity contribution is 0.0660. The summed E-state index contributed by atoms with van der Waals surface area (Å²) in [6.45, 7) is 0. The molecular weight excluding hydrogens is 274 g/mol. The largest absolute Gasteiger partial charge is 0.475 e. The van der Waals surface area contributed by atoms with Gasteiger partial charge in [-0.15, -0.1) is 0 Å². The zero-order valence-electron chi connectivity index (χ0n) is 8.18. The summed E-state index contributed by atoms with van der Waals surface area (Å²) in [5.41, 5.74) is 1.01. The van der Waals surface area contributed by atoms with Crippen LogP contribution in [0.15, 0.2) is 39.4 Å². The third-order valence-electron chi connectivity index (χ3n) is 2.01. The van der Waals surface area contributed by atoms with Crippen molar-refractivity contribution in [3.05, 3.63) is 52.1 Å². The van der Waals surface area contributed by atoms with Gasteiger partial charge in [0, 0.05) is 10.9 Å². The van der Waals surface area contributed by atoms with E-state index in [1.165, 1.54) is 6.20 Å². The van der Waals surface area contributed by atoms with E-state index in [9.17, 15) is 4.79 Å². The van der Waals surface area contributed by atoms with E-state index in [0.29, 0.717) is 12.3 Å². The fraction of sp³-hybridized carbons (Fsp3) is 0.0909. The van der Waals surface area contributed by atoms with Gasteiger partial charge in [0.1, 0.15) is 0 Å². The van der Waals surface area contributed by atoms with Gasteiger partial charge in [0.25, 0.3) is 0 Å². The van der Waals surface area contributed by atoms with Crippen molar-refractivity contribution < 1.29 is 14.3 Å². The number of carbonyl (C=O) groups is 1. The number of carboxylic acids is 1. The Morgan fingerprint density at radius 2 is 2.31 bits per heavy atom. The first-order chi connectivity index (χ1) is 7.65. The molecule has 0 unspecified atom stereocenters. The molecule has 0 amide bonds. The molecule has 82 valence electrons. The normalized spacial score (nSPS) is 10.3. The Morgan fingerprint density at radius 3 is 2.94 bits per heavy atom. The van der Waals surface area contributed by atoms with Gasteiger partial charge in [0.05, 0.1) is 6.20 Å². The Balaban J connectivity index is 2.17. The van der Waals surface area contributed by atoms with Gasteiger partial charge in [-0.3, -0.25) is 0 Å². The monoisotopic (exact) mass is 281 g/mol. The average molecular weight is 282 g/mol. The average Bonchev–Trinajstić information content (AvgIpc) is 2.66. The Labute approximate surface area is 100 Å². The summed E-state index contributed by atoms with van der Waals surface area (Å²) in [4.78, 5) is 14.5. The van der Waals surface area contributed by atoms with Gasteiger partial charge in [-0.2, -0.15) is 0 Å². The molecule has 5 heteroatoms. The first-order valence-electron chi connectivity index (χ1n) is 4.57. The fourth-order valence-corrected chi connectivity index (χ4v) is 1.76. The Kier molecular flexibility index (Phi) is 3.05. The highest BCUT2D eigenvalue weighted by molar-refractivity contribution is 9.10. The van der Waals surface area contributed by atoms with Gasteiger partial charge in [0.15, 0.2) is 5.89 Å². The lowest BCUT2D eigenvalue weighted by Gasteiger charge is -1.97. The minimum Gasteiger partial charge on any atom is -0.475 e. The molecular formula is C11H8BrNO3. The van der Waals surface area contributed by atoms with Crippen molar-refractivity contribution >= 4 is 21.9 Å². The van der Waals surface area contributed by atoms with E-state index in [2.05, 4.69) is 20.9 Å². The molecule has 0 saturated carbocycles. The van der Waals surface area contributed by atoms with Crippen molar-refractivity contribution in [3.63, 3.8) is 0 Å². The van der Waals surface area contributed by atoms with Crippen LogP contribution in [0.2, 0.25) is 0 Å². The Morgan fingerprint density at radius 1 is 1.50 bits per heavy atom. The van der Waals surface area contributed by atoms with Gasteiger partial charge in [-0.1, -0.05) is 28.1 Å². The number of rotatable bonds is 3. The van der Waals surface area contributed by atoms with E-state index in [4.69, 9.17) is 9.52 Å². The van der Waals surface area contributed by atoms with Crippen molar-refractivity contribution in [2.45, 2.75) is 6.42 Å². The molecule has 16 heavy (non-hydrogen) atoms. The summed E-state index contributed by atoms with van der Waals surface area (Å²) in [5.74, 6) is -0.839. The maximum atomic E-state index is 10.6. The molecule has 0 radical (unpaired) electrons. The molecule has 1 heterocycles. The van der Waals surface area contributed by atoms with Crippen LogP contribution < -0.4 is 0 Å². The van der Waals surface area contributed by atoms with E-state index in [1.54, 1.807) is 0 Å². The van der Waals surface area contributed by atoms with Crippen molar-refractivity contribution in [2.24, 2.45) is 0 Å². The molecule has 2 aromatic rings. The lowest BCUT2D eigenvalue weighted by atomic mass is 10.1. The molecule has 0 spiro atoms. The van der Waals surface area contributed by atoms with Crippen LogP contribution in [0.5, 0.6) is 0 Å². The number of carboxylic acid groups (broad SMARTS) is 1. The maximum Gasteiger partial charge on any atom is 0.373 e. The van der Waals surface area contributed by atoms with Crippen molar-refractivity contribution in [2.75, 3.05) is 0 Å². The quantitative estimate of drug-likeness (QED) is 0.940. The van der Waals surface area contributed by atoms with Crippen LogP contribution in [0.4, 0.5) is 0 Å². The molecule has 2 rings (SSSR count). The third kappa shape index (κ3) is 2.49. The second kappa shape index (κ2) is 4.49. The van der Waals surface area contributed by atoms with Crippen molar-refractivity contribution in [1.82, 2.24) is 4.98 Å². The highest BCUT2D eigenvalue weighted by Gasteiger charge is 2.10. The summed E-state index contributed by atoms with van der Waals surface area (Å²) in [5, 5.41) is 8.67. The number of benzene rings is 1. The van der Waals surface area contributed by atoms with Gasteiger partial charge < -0.3 is 9.52 Å². The predicted molar refractivity (Wildman–Crippen MR) is 60.4 cm³/mol. The van der Waals surface area contributed by atoms with E-state index in [1.807, 2.05) is 24.3 Å². The molecule has 0 bridgehead atoms. The Bertz CT molecular complexity index is 521. The lowest BCUT2D eigenvalue weighted by Crippen LogP contribution is -1.92. The van der Waals surface area contributed by atoms with Crippen LogP contribution in [-0.4, -0.2) is 16.1 Å². The van der Waals surface area contributed by atoms with Crippen LogP contribution in [0, 0.1) is 0 Å². The van der Waals surface area contributed by atoms with Crippen LogP contribution in [0.3, 0.4) is 0 Å². The van der Waals surface area contributed by atoms with Crippen LogP contribution in [0.1, 0.15) is 22.0 Å². The van der Waals surface area contributed by atoms with E-state index in [0.717, 1.165) is 10.0 Å². The highest BCUT2D eigenvalue weighted by atomic mass is 79.9. The number of aromatic carboxylic acids is 1. The predicted octanol–water partition coefficient (Wildman–Crippen LogP) is 2.73. The topological polar surface area (TPSA) is 63.3 Å². The number of oxazole rings is 1. The second-order valence-corrected chi connectivity index (χ2v) is 4.15. The van der Waals surface area contributed by atoms with E-state index in [-0.39, 0.29) is 5.76 Å². The Hall–Kier alpha value is -1.62. The van der Waals surface area contributed by atoms with E-state index >= 15 is 0 Å². The minimum absolute atomic E-state index is 0.134. The molecule has 1 N–H and O–H groups in total. The first-order valence-corrected chi connectivity index (χ1v) is 5.37. The molecule has 0 atom stereocenters. The number of aromatic nitrogens is 1. The SMILES string of the molecule is O=C(O)c1cnc(Cc2cccc(Br)c2)o1. The number of nitrogens with zero attached hydrogens (tertiary/aromatic N) is 1. The van der Waals surface area contributed by atoms with Gasteiger partial charge in [-0.05, 0) is 17.7 Å².